The SMILES string of the molecule is COC(=O)c1nc(-c2cc(-c3cccc(C4CC4)c3)n(Cc3ccc(S(N)(=O)=O)c(F)c3)c2CC2CC2)sc1C. The summed E-state index contributed by atoms with van der Waals surface area (Å²) in [5.41, 5.74) is 6.27. The number of aromatic nitrogens is 2. The van der Waals surface area contributed by atoms with Crippen LogP contribution in [0.4, 0.5) is 4.39 Å². The number of aryl methyl sites for hydroxylation is 1. The summed E-state index contributed by atoms with van der Waals surface area (Å²) >= 11 is 1.46. The number of hydrogen-bond acceptors (Lipinski definition) is 6. The zero-order chi connectivity index (χ0) is 28.2. The number of esters is 1. The molecule has 2 aliphatic rings. The largest absolute Gasteiger partial charge is 0.464 e. The maximum absolute atomic E-state index is 14.8. The van der Waals surface area contributed by atoms with Gasteiger partial charge in [0, 0.05) is 28.4 Å². The van der Waals surface area contributed by atoms with E-state index in [0.29, 0.717) is 29.6 Å². The minimum Gasteiger partial charge on any atom is -0.464 e. The van der Waals surface area contributed by atoms with Crippen LogP contribution >= 0.6 is 11.3 Å². The molecule has 0 bridgehead atoms. The highest BCUT2D eigenvalue weighted by Crippen LogP contribution is 2.44. The zero-order valence-corrected chi connectivity index (χ0v) is 23.9. The van der Waals surface area contributed by atoms with Gasteiger partial charge in [-0.2, -0.15) is 0 Å². The number of halogens is 1. The number of primary sulfonamides is 1. The minimum atomic E-state index is -4.17. The third-order valence-electron chi connectivity index (χ3n) is 7.67. The van der Waals surface area contributed by atoms with Crippen LogP contribution in [0, 0.1) is 18.7 Å². The van der Waals surface area contributed by atoms with Crippen LogP contribution in [0.15, 0.2) is 53.4 Å². The van der Waals surface area contributed by atoms with Crippen molar-refractivity contribution in [2.24, 2.45) is 11.1 Å². The molecule has 6 rings (SSSR count). The van der Waals surface area contributed by atoms with Gasteiger partial charge in [0.25, 0.3) is 0 Å². The lowest BCUT2D eigenvalue weighted by atomic mass is 10.0. The van der Waals surface area contributed by atoms with Crippen molar-refractivity contribution in [1.82, 2.24) is 9.55 Å². The summed E-state index contributed by atoms with van der Waals surface area (Å²) in [4.78, 5) is 17.3. The molecular formula is C30H30FN3O4S2. The standard InChI is InChI=1S/C30H30FN3O4S2/c1-17-28(30(35)38-2)33-29(39-17)23-15-25(22-5-3-4-21(14-22)20-9-10-20)34(26(23)13-18-6-7-18)16-19-8-11-27(24(31)12-19)40(32,36)37/h3-5,8,11-12,14-15,18,20H,6-7,9-10,13,16H2,1-2H3,(H2,32,36,37). The Balaban J connectivity index is 1.52. The molecule has 0 amide bonds. The Morgan fingerprint density at radius 1 is 1.15 bits per heavy atom. The van der Waals surface area contributed by atoms with Gasteiger partial charge in [-0.1, -0.05) is 24.3 Å². The van der Waals surface area contributed by atoms with Gasteiger partial charge in [-0.3, -0.25) is 0 Å². The van der Waals surface area contributed by atoms with E-state index in [9.17, 15) is 17.6 Å². The second-order valence-corrected chi connectivity index (χ2v) is 13.5. The third-order valence-corrected chi connectivity index (χ3v) is 9.62. The van der Waals surface area contributed by atoms with E-state index in [1.165, 1.54) is 49.0 Å². The van der Waals surface area contributed by atoms with Crippen LogP contribution in [0.2, 0.25) is 0 Å². The monoisotopic (exact) mass is 579 g/mol. The van der Waals surface area contributed by atoms with Gasteiger partial charge >= 0.3 is 5.97 Å². The average Bonchev–Trinajstić information content (AvgIpc) is 3.84. The molecule has 0 radical (unpaired) electrons. The Labute approximate surface area is 236 Å². The second kappa shape index (κ2) is 10.2. The van der Waals surface area contributed by atoms with Gasteiger partial charge in [-0.25, -0.2) is 27.7 Å². The quantitative estimate of drug-likeness (QED) is 0.244. The number of carbonyl (C=O) groups excluding carboxylic acids is 1. The smallest absolute Gasteiger partial charge is 0.357 e. The van der Waals surface area contributed by atoms with Crippen LogP contribution in [0.5, 0.6) is 0 Å². The topological polar surface area (TPSA) is 104 Å². The number of benzene rings is 2. The number of nitrogens with zero attached hydrogens (tertiary/aromatic N) is 2. The van der Waals surface area contributed by atoms with Crippen molar-refractivity contribution in [2.45, 2.75) is 56.4 Å². The number of carbonyl (C=O) groups is 1. The highest BCUT2D eigenvalue weighted by molar-refractivity contribution is 7.89. The molecule has 0 unspecified atom stereocenters. The van der Waals surface area contributed by atoms with Gasteiger partial charge < -0.3 is 9.30 Å². The molecule has 4 aromatic rings. The van der Waals surface area contributed by atoms with E-state index in [1.807, 2.05) is 6.92 Å². The molecule has 0 aliphatic heterocycles. The van der Waals surface area contributed by atoms with Gasteiger partial charge in [0.2, 0.25) is 10.0 Å². The van der Waals surface area contributed by atoms with E-state index in [-0.39, 0.29) is 0 Å². The molecule has 0 atom stereocenters. The Bertz CT molecular complexity index is 1730. The van der Waals surface area contributed by atoms with Crippen LogP contribution in [-0.2, 0) is 27.7 Å². The summed E-state index contributed by atoms with van der Waals surface area (Å²) in [7, 11) is -2.82. The van der Waals surface area contributed by atoms with E-state index in [2.05, 4.69) is 34.9 Å². The maximum atomic E-state index is 14.8. The molecule has 10 heteroatoms. The Morgan fingerprint density at radius 2 is 1.93 bits per heavy atom. The number of nitrogens with two attached hydrogens (primary N) is 1. The van der Waals surface area contributed by atoms with Gasteiger partial charge in [0.1, 0.15) is 15.7 Å². The van der Waals surface area contributed by atoms with E-state index >= 15 is 0 Å². The lowest BCUT2D eigenvalue weighted by Crippen LogP contribution is -2.14. The van der Waals surface area contributed by atoms with E-state index in [4.69, 9.17) is 14.9 Å². The number of rotatable bonds is 9. The molecule has 40 heavy (non-hydrogen) atoms. The van der Waals surface area contributed by atoms with Crippen molar-refractivity contribution < 1.29 is 22.3 Å². The molecule has 2 N–H and O–H groups in total. The molecule has 2 aliphatic carbocycles. The first kappa shape index (κ1) is 26.9. The number of thiazole rings is 1. The fraction of sp³-hybridized carbons (Fsp3) is 0.333. The summed E-state index contributed by atoms with van der Waals surface area (Å²) in [6, 6.07) is 14.7. The van der Waals surface area contributed by atoms with Gasteiger partial charge in [0.05, 0.1) is 7.11 Å². The molecule has 2 aromatic carbocycles. The average molecular weight is 580 g/mol. The van der Waals surface area contributed by atoms with Crippen molar-refractivity contribution in [3.63, 3.8) is 0 Å². The first-order valence-electron chi connectivity index (χ1n) is 13.3. The molecule has 2 saturated carbocycles. The maximum Gasteiger partial charge on any atom is 0.357 e. The van der Waals surface area contributed by atoms with Crippen LogP contribution in [0.25, 0.3) is 21.8 Å². The highest BCUT2D eigenvalue weighted by Gasteiger charge is 2.30. The lowest BCUT2D eigenvalue weighted by molar-refractivity contribution is 0.0594. The van der Waals surface area contributed by atoms with Crippen molar-refractivity contribution in [3.8, 4) is 21.8 Å². The third kappa shape index (κ3) is 5.35. The number of sulfonamides is 1. The van der Waals surface area contributed by atoms with E-state index < -0.39 is 26.7 Å². The molecule has 0 spiro atoms. The van der Waals surface area contributed by atoms with Gasteiger partial charge in [-0.05, 0) is 91.8 Å². The fourth-order valence-electron chi connectivity index (χ4n) is 5.23. The van der Waals surface area contributed by atoms with Crippen molar-refractivity contribution >= 4 is 27.3 Å². The Hall–Kier alpha value is -3.34. The van der Waals surface area contributed by atoms with Crippen LogP contribution in [0.3, 0.4) is 0 Å². The summed E-state index contributed by atoms with van der Waals surface area (Å²) < 4.78 is 45.6. The predicted molar refractivity (Wildman–Crippen MR) is 152 cm³/mol. The number of methoxy groups -OCH3 is 1. The van der Waals surface area contributed by atoms with Gasteiger partial charge in [-0.15, -0.1) is 11.3 Å². The van der Waals surface area contributed by atoms with Crippen molar-refractivity contribution in [2.75, 3.05) is 7.11 Å². The molecule has 7 nitrogen and oxygen atoms in total. The molecule has 2 aromatic heterocycles. The zero-order valence-electron chi connectivity index (χ0n) is 22.3. The fourth-order valence-corrected chi connectivity index (χ4v) is 6.76. The van der Waals surface area contributed by atoms with Gasteiger partial charge in [0.15, 0.2) is 5.69 Å². The van der Waals surface area contributed by atoms with Crippen molar-refractivity contribution in [3.05, 3.63) is 81.7 Å². The molecule has 208 valence electrons. The van der Waals surface area contributed by atoms with Crippen molar-refractivity contribution in [1.29, 1.82) is 0 Å². The predicted octanol–water partition coefficient (Wildman–Crippen LogP) is 6.04. The van der Waals surface area contributed by atoms with Crippen LogP contribution in [-0.4, -0.2) is 31.0 Å². The highest BCUT2D eigenvalue weighted by atomic mass is 32.2. The molecule has 0 saturated heterocycles. The molecule has 2 fully saturated rings. The Morgan fingerprint density at radius 3 is 2.58 bits per heavy atom. The molecular weight excluding hydrogens is 549 g/mol. The van der Waals surface area contributed by atoms with E-state index in [1.54, 1.807) is 6.07 Å². The summed E-state index contributed by atoms with van der Waals surface area (Å²) in [6.07, 6.45) is 5.47. The normalized spacial score (nSPS) is 15.4. The Kier molecular flexibility index (Phi) is 6.88. The first-order valence-corrected chi connectivity index (χ1v) is 15.7. The minimum absolute atomic E-state index is 0.311. The van der Waals surface area contributed by atoms with Crippen LogP contribution in [0.1, 0.15) is 63.8 Å². The number of hydrogen-bond donors (Lipinski definition) is 1. The first-order chi connectivity index (χ1) is 19.1. The summed E-state index contributed by atoms with van der Waals surface area (Å²) in [6.45, 7) is 2.20. The summed E-state index contributed by atoms with van der Waals surface area (Å²) in [5.74, 6) is -0.212. The lowest BCUT2D eigenvalue weighted by Gasteiger charge is -2.16. The molecule has 2 heterocycles. The summed E-state index contributed by atoms with van der Waals surface area (Å²) in [5, 5.41) is 5.93. The van der Waals surface area contributed by atoms with E-state index in [0.717, 1.165) is 51.7 Å². The number of ether oxygens (including phenoxy) is 1. The second-order valence-electron chi connectivity index (χ2n) is 10.7. The van der Waals surface area contributed by atoms with Crippen LogP contribution < -0.4 is 5.14 Å².